The minimum Gasteiger partial charge on any atom is -0.497 e. The average Bonchev–Trinajstić information content (AvgIpc) is 2.60. The van der Waals surface area contributed by atoms with Crippen LogP contribution in [0.25, 0.3) is 0 Å². The lowest BCUT2D eigenvalue weighted by Gasteiger charge is -2.16. The molecule has 1 aliphatic heterocycles. The number of anilines is 1. The molecule has 15 heavy (non-hydrogen) atoms. The third-order valence-corrected chi connectivity index (χ3v) is 2.58. The first-order chi connectivity index (χ1) is 7.22. The summed E-state index contributed by atoms with van der Waals surface area (Å²) in [5.41, 5.74) is 0.892. The number of methoxy groups -OCH3 is 1. The summed E-state index contributed by atoms with van der Waals surface area (Å²) in [6, 6.07) is 7.59. The Morgan fingerprint density at radius 1 is 1.33 bits per heavy atom. The number of hydrogen-bond acceptors (Lipinski definition) is 2. The van der Waals surface area contributed by atoms with E-state index in [9.17, 15) is 4.79 Å². The van der Waals surface area contributed by atoms with E-state index >= 15 is 0 Å². The van der Waals surface area contributed by atoms with Gasteiger partial charge in [0.2, 0.25) is 0 Å². The average molecular weight is 206 g/mol. The van der Waals surface area contributed by atoms with Crippen LogP contribution in [-0.4, -0.2) is 38.2 Å². The number of rotatable bonds is 2. The summed E-state index contributed by atoms with van der Waals surface area (Å²) < 4.78 is 5.12. The fourth-order valence-electron chi connectivity index (χ4n) is 1.67. The Bertz CT molecular complexity index is 379. The number of ether oxygens (including phenoxy) is 1. The highest BCUT2D eigenvalue weighted by Gasteiger charge is 2.26. The van der Waals surface area contributed by atoms with E-state index in [-0.39, 0.29) is 6.03 Å². The van der Waals surface area contributed by atoms with Gasteiger partial charge in [-0.2, -0.15) is 0 Å². The van der Waals surface area contributed by atoms with Gasteiger partial charge in [0, 0.05) is 31.9 Å². The molecular formula is C11H14N2O2. The van der Waals surface area contributed by atoms with Crippen molar-refractivity contribution in [3.63, 3.8) is 0 Å². The first-order valence-electron chi connectivity index (χ1n) is 4.89. The SMILES string of the molecule is COc1cccc(N2CCN(C)C2=O)c1. The number of benzene rings is 1. The van der Waals surface area contributed by atoms with Gasteiger partial charge in [0.15, 0.2) is 0 Å². The number of nitrogens with zero attached hydrogens (tertiary/aromatic N) is 2. The molecule has 0 aliphatic carbocycles. The Morgan fingerprint density at radius 2 is 2.13 bits per heavy atom. The number of amides is 2. The van der Waals surface area contributed by atoms with E-state index in [0.717, 1.165) is 24.5 Å². The van der Waals surface area contributed by atoms with Gasteiger partial charge in [0.05, 0.1) is 7.11 Å². The van der Waals surface area contributed by atoms with Gasteiger partial charge < -0.3 is 9.64 Å². The number of hydrogen-bond donors (Lipinski definition) is 0. The van der Waals surface area contributed by atoms with Gasteiger partial charge >= 0.3 is 6.03 Å². The lowest BCUT2D eigenvalue weighted by Crippen LogP contribution is -2.29. The summed E-state index contributed by atoms with van der Waals surface area (Å²) in [6.45, 7) is 1.51. The standard InChI is InChI=1S/C11H14N2O2/c1-12-6-7-13(11(12)14)9-4-3-5-10(8-9)15-2/h3-5,8H,6-7H2,1-2H3. The topological polar surface area (TPSA) is 32.8 Å². The van der Waals surface area contributed by atoms with E-state index in [1.54, 1.807) is 16.9 Å². The predicted octanol–water partition coefficient (Wildman–Crippen LogP) is 1.57. The van der Waals surface area contributed by atoms with Crippen LogP contribution in [-0.2, 0) is 0 Å². The minimum atomic E-state index is 0.0447. The lowest BCUT2D eigenvalue weighted by atomic mass is 10.3. The molecule has 0 unspecified atom stereocenters. The van der Waals surface area contributed by atoms with Crippen molar-refractivity contribution in [3.05, 3.63) is 24.3 Å². The second-order valence-electron chi connectivity index (χ2n) is 3.56. The van der Waals surface area contributed by atoms with Gasteiger partial charge in [-0.3, -0.25) is 4.90 Å². The third-order valence-electron chi connectivity index (χ3n) is 2.58. The molecule has 1 aromatic carbocycles. The molecule has 1 aliphatic rings. The van der Waals surface area contributed by atoms with Crippen LogP contribution in [0.1, 0.15) is 0 Å². The van der Waals surface area contributed by atoms with Crippen molar-refractivity contribution in [1.29, 1.82) is 0 Å². The molecule has 1 aromatic rings. The smallest absolute Gasteiger partial charge is 0.324 e. The summed E-state index contributed by atoms with van der Waals surface area (Å²) in [7, 11) is 3.43. The quantitative estimate of drug-likeness (QED) is 0.735. The third kappa shape index (κ3) is 1.75. The maximum atomic E-state index is 11.7. The maximum Gasteiger partial charge on any atom is 0.324 e. The summed E-state index contributed by atoms with van der Waals surface area (Å²) in [5, 5.41) is 0. The van der Waals surface area contributed by atoms with E-state index < -0.39 is 0 Å². The van der Waals surface area contributed by atoms with E-state index in [4.69, 9.17) is 4.74 Å². The maximum absolute atomic E-state index is 11.7. The number of carbonyl (C=O) groups is 1. The van der Waals surface area contributed by atoms with Gasteiger partial charge in [-0.05, 0) is 12.1 Å². The summed E-state index contributed by atoms with van der Waals surface area (Å²) in [5.74, 6) is 0.773. The normalized spacial score (nSPS) is 16.0. The summed E-state index contributed by atoms with van der Waals surface area (Å²) >= 11 is 0. The Hall–Kier alpha value is -1.71. The van der Waals surface area contributed by atoms with Crippen LogP contribution in [0.3, 0.4) is 0 Å². The van der Waals surface area contributed by atoms with Crippen LogP contribution >= 0.6 is 0 Å². The summed E-state index contributed by atoms with van der Waals surface area (Å²) in [6.07, 6.45) is 0. The van der Waals surface area contributed by atoms with Crippen LogP contribution in [0.15, 0.2) is 24.3 Å². The Labute approximate surface area is 89.0 Å². The van der Waals surface area contributed by atoms with Crippen LogP contribution in [0.4, 0.5) is 10.5 Å². The first-order valence-corrected chi connectivity index (χ1v) is 4.89. The molecule has 1 heterocycles. The van der Waals surface area contributed by atoms with Gasteiger partial charge in [0.1, 0.15) is 5.75 Å². The molecule has 2 amide bonds. The largest absolute Gasteiger partial charge is 0.497 e. The first kappa shape index (κ1) is 9.83. The Balaban J connectivity index is 2.26. The molecule has 0 aromatic heterocycles. The molecule has 4 heteroatoms. The van der Waals surface area contributed by atoms with Crippen molar-refractivity contribution in [2.45, 2.75) is 0 Å². The molecule has 0 N–H and O–H groups in total. The second kappa shape index (κ2) is 3.81. The fourth-order valence-corrected chi connectivity index (χ4v) is 1.67. The monoisotopic (exact) mass is 206 g/mol. The van der Waals surface area contributed by atoms with Crippen molar-refractivity contribution in [1.82, 2.24) is 4.90 Å². The van der Waals surface area contributed by atoms with Crippen molar-refractivity contribution in [2.24, 2.45) is 0 Å². The fraction of sp³-hybridized carbons (Fsp3) is 0.364. The van der Waals surface area contributed by atoms with Crippen molar-refractivity contribution < 1.29 is 9.53 Å². The highest BCUT2D eigenvalue weighted by Crippen LogP contribution is 2.23. The van der Waals surface area contributed by atoms with Crippen LogP contribution < -0.4 is 9.64 Å². The Kier molecular flexibility index (Phi) is 2.49. The predicted molar refractivity (Wildman–Crippen MR) is 58.4 cm³/mol. The van der Waals surface area contributed by atoms with E-state index in [1.807, 2.05) is 31.3 Å². The van der Waals surface area contributed by atoms with E-state index in [1.165, 1.54) is 0 Å². The van der Waals surface area contributed by atoms with Crippen molar-refractivity contribution in [2.75, 3.05) is 32.1 Å². The molecule has 1 saturated heterocycles. The Morgan fingerprint density at radius 3 is 2.73 bits per heavy atom. The van der Waals surface area contributed by atoms with E-state index in [2.05, 4.69) is 0 Å². The summed E-state index contributed by atoms with van der Waals surface area (Å²) in [4.78, 5) is 15.2. The van der Waals surface area contributed by atoms with E-state index in [0.29, 0.717) is 0 Å². The number of carbonyl (C=O) groups excluding carboxylic acids is 1. The lowest BCUT2D eigenvalue weighted by molar-refractivity contribution is 0.229. The zero-order valence-electron chi connectivity index (χ0n) is 8.93. The zero-order valence-corrected chi connectivity index (χ0v) is 8.93. The van der Waals surface area contributed by atoms with Crippen molar-refractivity contribution in [3.8, 4) is 5.75 Å². The molecular weight excluding hydrogens is 192 g/mol. The molecule has 1 fully saturated rings. The van der Waals surface area contributed by atoms with Gasteiger partial charge in [-0.1, -0.05) is 6.07 Å². The van der Waals surface area contributed by atoms with Crippen molar-refractivity contribution >= 4 is 11.7 Å². The van der Waals surface area contributed by atoms with Crippen LogP contribution in [0, 0.1) is 0 Å². The molecule has 0 saturated carbocycles. The number of likely N-dealkylation sites (N-methyl/N-ethyl adjacent to an activating group) is 1. The van der Waals surface area contributed by atoms with Gasteiger partial charge in [-0.25, -0.2) is 4.79 Å². The van der Waals surface area contributed by atoms with Crippen LogP contribution in [0.5, 0.6) is 5.75 Å². The molecule has 0 spiro atoms. The molecule has 0 radical (unpaired) electrons. The zero-order chi connectivity index (χ0) is 10.8. The number of urea groups is 1. The van der Waals surface area contributed by atoms with Gasteiger partial charge in [-0.15, -0.1) is 0 Å². The molecule has 4 nitrogen and oxygen atoms in total. The molecule has 80 valence electrons. The highest BCUT2D eigenvalue weighted by molar-refractivity contribution is 5.94. The second-order valence-corrected chi connectivity index (χ2v) is 3.56. The molecule has 0 atom stereocenters. The van der Waals surface area contributed by atoms with Crippen LogP contribution in [0.2, 0.25) is 0 Å². The highest BCUT2D eigenvalue weighted by atomic mass is 16.5. The molecule has 2 rings (SSSR count). The molecule has 0 bridgehead atoms. The minimum absolute atomic E-state index is 0.0447. The van der Waals surface area contributed by atoms with Gasteiger partial charge in [0.25, 0.3) is 0 Å².